The first kappa shape index (κ1) is 23.1. The minimum atomic E-state index is -4.68. The Morgan fingerprint density at radius 1 is 0.967 bits per heavy atom. The van der Waals surface area contributed by atoms with Crippen LogP contribution in [0.1, 0.15) is 12.5 Å². The Kier molecular flexibility index (Phi) is 7.04. The molecule has 4 N–H and O–H groups in total. The average Bonchev–Trinajstić information content (AvgIpc) is 2.65. The fourth-order valence-electron chi connectivity index (χ4n) is 2.43. The van der Waals surface area contributed by atoms with Gasteiger partial charge in [0.1, 0.15) is 28.6 Å². The SMILES string of the molecule is C/C=C(Oc1ccc(Oc2ccc(N)cc2C(F)(F)F)cc1)\C(=C/CN)C(F)(F)F. The summed E-state index contributed by atoms with van der Waals surface area (Å²) >= 11 is 0. The molecule has 2 aromatic carbocycles. The van der Waals surface area contributed by atoms with Gasteiger partial charge in [-0.2, -0.15) is 26.3 Å². The molecule has 0 heterocycles. The summed E-state index contributed by atoms with van der Waals surface area (Å²) in [7, 11) is 0. The van der Waals surface area contributed by atoms with Crippen molar-refractivity contribution in [1.29, 1.82) is 0 Å². The highest BCUT2D eigenvalue weighted by Gasteiger charge is 2.37. The summed E-state index contributed by atoms with van der Waals surface area (Å²) in [6.07, 6.45) is -7.44. The second-order valence-corrected chi connectivity index (χ2v) is 5.93. The van der Waals surface area contributed by atoms with E-state index in [1.165, 1.54) is 37.3 Å². The maximum absolute atomic E-state index is 13.2. The smallest absolute Gasteiger partial charge is 0.420 e. The molecule has 0 amide bonds. The number of allylic oxidation sites excluding steroid dienone is 2. The van der Waals surface area contributed by atoms with E-state index in [4.69, 9.17) is 20.9 Å². The number of ether oxygens (including phenoxy) is 2. The predicted molar refractivity (Wildman–Crippen MR) is 99.9 cm³/mol. The summed E-state index contributed by atoms with van der Waals surface area (Å²) in [6.45, 7) is 1.02. The standard InChI is InChI=1S/C20H18F6N2O2/c1-2-17(15(9-10-27)19(21,22)23)29-13-4-6-14(7-5-13)30-18-8-3-12(28)11-16(18)20(24,25)26/h2-9,11H,10,27-28H2,1H3/b15-9+,17-2+. The van der Waals surface area contributed by atoms with Crippen molar-refractivity contribution in [3.63, 3.8) is 0 Å². The van der Waals surface area contributed by atoms with E-state index in [0.717, 1.165) is 24.3 Å². The molecular formula is C20H18F6N2O2. The minimum Gasteiger partial charge on any atom is -0.457 e. The molecule has 4 nitrogen and oxygen atoms in total. The van der Waals surface area contributed by atoms with Crippen LogP contribution in [0.2, 0.25) is 0 Å². The van der Waals surface area contributed by atoms with Gasteiger partial charge in [0.25, 0.3) is 0 Å². The van der Waals surface area contributed by atoms with Crippen LogP contribution < -0.4 is 20.9 Å². The van der Waals surface area contributed by atoms with Crippen LogP contribution in [-0.2, 0) is 6.18 Å². The molecule has 0 saturated carbocycles. The molecule has 0 radical (unpaired) electrons. The third kappa shape index (κ3) is 5.93. The number of benzene rings is 2. The zero-order chi connectivity index (χ0) is 22.5. The monoisotopic (exact) mass is 432 g/mol. The second-order valence-electron chi connectivity index (χ2n) is 5.93. The van der Waals surface area contributed by atoms with Crippen LogP contribution in [0.4, 0.5) is 32.0 Å². The molecule has 0 spiro atoms. The summed E-state index contributed by atoms with van der Waals surface area (Å²) in [5, 5.41) is 0. The van der Waals surface area contributed by atoms with Gasteiger partial charge in [-0.25, -0.2) is 0 Å². The fourth-order valence-corrected chi connectivity index (χ4v) is 2.43. The molecule has 0 saturated heterocycles. The van der Waals surface area contributed by atoms with Crippen molar-refractivity contribution < 1.29 is 35.8 Å². The zero-order valence-corrected chi connectivity index (χ0v) is 15.6. The number of hydrogen-bond donors (Lipinski definition) is 2. The molecule has 0 unspecified atom stereocenters. The Morgan fingerprint density at radius 3 is 2.07 bits per heavy atom. The van der Waals surface area contributed by atoms with Gasteiger partial charge in [-0.3, -0.25) is 0 Å². The number of alkyl halides is 6. The molecule has 2 rings (SSSR count). The summed E-state index contributed by atoms with van der Waals surface area (Å²) in [5.41, 5.74) is 8.42. The van der Waals surface area contributed by atoms with Crippen LogP contribution in [0, 0.1) is 0 Å². The van der Waals surface area contributed by atoms with Gasteiger partial charge < -0.3 is 20.9 Å². The lowest BCUT2D eigenvalue weighted by molar-refractivity contribution is -0.138. The van der Waals surface area contributed by atoms with Crippen LogP contribution in [0.3, 0.4) is 0 Å². The summed E-state index contributed by atoms with van der Waals surface area (Å²) < 4.78 is 89.4. The molecule has 0 aromatic heterocycles. The normalized spacial score (nSPS) is 13.3. The highest BCUT2D eigenvalue weighted by atomic mass is 19.4. The lowest BCUT2D eigenvalue weighted by atomic mass is 10.1. The third-order valence-corrected chi connectivity index (χ3v) is 3.74. The Bertz CT molecular complexity index is 932. The van der Waals surface area contributed by atoms with E-state index in [-0.39, 0.29) is 23.7 Å². The number of rotatable bonds is 6. The zero-order valence-electron chi connectivity index (χ0n) is 15.6. The quantitative estimate of drug-likeness (QED) is 0.262. The van der Waals surface area contributed by atoms with E-state index in [9.17, 15) is 26.3 Å². The predicted octanol–water partition coefficient (Wildman–Crippen LogP) is 5.81. The lowest BCUT2D eigenvalue weighted by Gasteiger charge is -2.17. The summed E-state index contributed by atoms with van der Waals surface area (Å²) in [4.78, 5) is 0. The molecule has 2 aromatic rings. The topological polar surface area (TPSA) is 70.5 Å². The number of nitrogen functional groups attached to an aromatic ring is 1. The van der Waals surface area contributed by atoms with E-state index >= 15 is 0 Å². The lowest BCUT2D eigenvalue weighted by Crippen LogP contribution is -2.18. The molecule has 0 aliphatic heterocycles. The molecular weight excluding hydrogens is 414 g/mol. The van der Waals surface area contributed by atoms with Gasteiger partial charge in [-0.1, -0.05) is 6.08 Å². The Labute approximate surface area is 168 Å². The van der Waals surface area contributed by atoms with Crippen LogP contribution in [-0.4, -0.2) is 12.7 Å². The number of hydrogen-bond acceptors (Lipinski definition) is 4. The van der Waals surface area contributed by atoms with Gasteiger partial charge in [0, 0.05) is 12.2 Å². The number of halogens is 6. The van der Waals surface area contributed by atoms with E-state index in [0.29, 0.717) is 0 Å². The van der Waals surface area contributed by atoms with Gasteiger partial charge in [0.05, 0.1) is 5.57 Å². The average molecular weight is 432 g/mol. The fraction of sp³-hybridized carbons (Fsp3) is 0.200. The maximum atomic E-state index is 13.2. The van der Waals surface area contributed by atoms with Crippen LogP contribution in [0.25, 0.3) is 0 Å². The van der Waals surface area contributed by atoms with Gasteiger partial charge in [0.15, 0.2) is 0 Å². The second kappa shape index (κ2) is 9.12. The van der Waals surface area contributed by atoms with Crippen LogP contribution >= 0.6 is 0 Å². The van der Waals surface area contributed by atoms with E-state index in [2.05, 4.69) is 0 Å². The van der Waals surface area contributed by atoms with E-state index in [1.807, 2.05) is 0 Å². The van der Waals surface area contributed by atoms with Crippen molar-refractivity contribution in [2.45, 2.75) is 19.3 Å². The first-order valence-electron chi connectivity index (χ1n) is 8.52. The highest BCUT2D eigenvalue weighted by molar-refractivity contribution is 5.50. The Balaban J connectivity index is 2.23. The maximum Gasteiger partial charge on any atom is 0.420 e. The van der Waals surface area contributed by atoms with Gasteiger partial charge in [-0.15, -0.1) is 0 Å². The molecule has 10 heteroatoms. The summed E-state index contributed by atoms with van der Waals surface area (Å²) in [5.74, 6) is -0.881. The van der Waals surface area contributed by atoms with Gasteiger partial charge in [-0.05, 0) is 55.5 Å². The molecule has 0 aliphatic rings. The molecule has 0 atom stereocenters. The molecule has 0 aliphatic carbocycles. The molecule has 0 bridgehead atoms. The Morgan fingerprint density at radius 2 is 1.57 bits per heavy atom. The van der Waals surface area contributed by atoms with E-state index in [1.54, 1.807) is 0 Å². The number of anilines is 1. The molecule has 30 heavy (non-hydrogen) atoms. The van der Waals surface area contributed by atoms with Crippen molar-refractivity contribution in [1.82, 2.24) is 0 Å². The highest BCUT2D eigenvalue weighted by Crippen LogP contribution is 2.39. The van der Waals surface area contributed by atoms with E-state index < -0.39 is 35.0 Å². The largest absolute Gasteiger partial charge is 0.457 e. The minimum absolute atomic E-state index is 0.0215. The van der Waals surface area contributed by atoms with Crippen molar-refractivity contribution in [2.75, 3.05) is 12.3 Å². The first-order chi connectivity index (χ1) is 14.0. The first-order valence-corrected chi connectivity index (χ1v) is 8.52. The van der Waals surface area contributed by atoms with Crippen molar-refractivity contribution in [2.24, 2.45) is 5.73 Å². The molecule has 0 fully saturated rings. The summed E-state index contributed by atoms with van der Waals surface area (Å²) in [6, 6.07) is 8.13. The third-order valence-electron chi connectivity index (χ3n) is 3.74. The Hall–Kier alpha value is -3.14. The molecule has 162 valence electrons. The van der Waals surface area contributed by atoms with Crippen LogP contribution in [0.15, 0.2) is 65.9 Å². The van der Waals surface area contributed by atoms with Crippen molar-refractivity contribution in [3.05, 3.63) is 71.5 Å². The van der Waals surface area contributed by atoms with Gasteiger partial charge >= 0.3 is 12.4 Å². The van der Waals surface area contributed by atoms with Gasteiger partial charge in [0.2, 0.25) is 0 Å². The van der Waals surface area contributed by atoms with Crippen molar-refractivity contribution >= 4 is 5.69 Å². The van der Waals surface area contributed by atoms with Crippen molar-refractivity contribution in [3.8, 4) is 17.2 Å². The number of nitrogens with two attached hydrogens (primary N) is 2. The van der Waals surface area contributed by atoms with Crippen LogP contribution in [0.5, 0.6) is 17.2 Å².